The van der Waals surface area contributed by atoms with Gasteiger partial charge < -0.3 is 4.74 Å². The molecule has 0 spiro atoms. The van der Waals surface area contributed by atoms with E-state index in [-0.39, 0.29) is 0 Å². The zero-order chi connectivity index (χ0) is 15.6. The molecule has 4 rings (SSSR count). The lowest BCUT2D eigenvalue weighted by Crippen LogP contribution is -1.85. The van der Waals surface area contributed by atoms with Crippen LogP contribution in [-0.2, 0) is 0 Å². The zero-order valence-electron chi connectivity index (χ0n) is 11.9. The van der Waals surface area contributed by atoms with E-state index in [1.54, 1.807) is 77.9 Å². The van der Waals surface area contributed by atoms with E-state index in [1.807, 2.05) is 12.1 Å². The Balaban J connectivity index is 1.65. The van der Waals surface area contributed by atoms with Crippen LogP contribution < -0.4 is 4.74 Å². The molecule has 2 aliphatic heterocycles. The number of aromatic nitrogens is 2. The largest absolute Gasteiger partial charge is 0.486 e. The first-order valence-corrected chi connectivity index (χ1v) is 10.8. The first kappa shape index (κ1) is 15.7. The van der Waals surface area contributed by atoms with Gasteiger partial charge in [0, 0.05) is 22.9 Å². The van der Waals surface area contributed by atoms with Crippen molar-refractivity contribution in [3.8, 4) is 15.6 Å². The quantitative estimate of drug-likeness (QED) is 0.625. The number of ether oxygens (including phenoxy) is 1. The third-order valence-corrected chi connectivity index (χ3v) is 9.08. The van der Waals surface area contributed by atoms with E-state index in [9.17, 15) is 0 Å². The highest BCUT2D eigenvalue weighted by atomic mass is 32.2. The van der Waals surface area contributed by atoms with E-state index in [2.05, 4.69) is 21.2 Å². The SMILES string of the molecule is COc1sc(-c2ccncc2)nc1C1=CSC(=C2SC=CS2)S1. The molecule has 2 aromatic heterocycles. The zero-order valence-corrected chi connectivity index (χ0v) is 16.0. The van der Waals surface area contributed by atoms with Crippen LogP contribution in [0.5, 0.6) is 5.06 Å². The monoisotopic (exact) mass is 394 g/mol. The fourth-order valence-corrected chi connectivity index (χ4v) is 7.38. The van der Waals surface area contributed by atoms with Gasteiger partial charge in [-0.05, 0) is 28.4 Å². The predicted octanol–water partition coefficient (Wildman–Crippen LogP) is 6.07. The number of rotatable bonds is 3. The lowest BCUT2D eigenvalue weighted by Gasteiger charge is -2.02. The Hall–Kier alpha value is -0.800. The molecule has 0 bridgehead atoms. The number of hydrogen-bond acceptors (Lipinski definition) is 8. The standard InChI is InChI=1S/C15H10N2OS5/c1-18-13-11(17-12(23-13)9-2-4-16-5-3-9)10-8-21-15(22-10)14-19-6-7-20-14/h2-8H,1H3. The Kier molecular flexibility index (Phi) is 4.77. The first-order chi connectivity index (χ1) is 11.3. The van der Waals surface area contributed by atoms with Gasteiger partial charge in [0.1, 0.15) is 10.7 Å². The van der Waals surface area contributed by atoms with E-state index >= 15 is 0 Å². The van der Waals surface area contributed by atoms with Crippen LogP contribution in [0.2, 0.25) is 0 Å². The Morgan fingerprint density at radius 3 is 2.52 bits per heavy atom. The summed E-state index contributed by atoms with van der Waals surface area (Å²) in [5.41, 5.74) is 1.99. The molecule has 3 nitrogen and oxygen atoms in total. The van der Waals surface area contributed by atoms with Crippen molar-refractivity contribution in [3.63, 3.8) is 0 Å². The van der Waals surface area contributed by atoms with Crippen LogP contribution in [0.25, 0.3) is 15.5 Å². The van der Waals surface area contributed by atoms with Crippen molar-refractivity contribution >= 4 is 63.3 Å². The molecule has 0 atom stereocenters. The minimum atomic E-state index is 0.854. The number of nitrogens with zero attached hydrogens (tertiary/aromatic N) is 2. The van der Waals surface area contributed by atoms with Crippen molar-refractivity contribution in [1.82, 2.24) is 9.97 Å². The molecule has 0 aromatic carbocycles. The van der Waals surface area contributed by atoms with Gasteiger partial charge in [-0.15, -0.1) is 0 Å². The molecule has 0 radical (unpaired) electrons. The van der Waals surface area contributed by atoms with Crippen molar-refractivity contribution in [1.29, 1.82) is 0 Å². The summed E-state index contributed by atoms with van der Waals surface area (Å²) in [4.78, 5) is 10.0. The van der Waals surface area contributed by atoms with Gasteiger partial charge in [-0.3, -0.25) is 4.98 Å². The van der Waals surface area contributed by atoms with Crippen molar-refractivity contribution in [2.75, 3.05) is 7.11 Å². The second-order valence-electron chi connectivity index (χ2n) is 4.38. The minimum Gasteiger partial charge on any atom is -0.486 e. The molecular formula is C15H10N2OS5. The maximum atomic E-state index is 5.56. The highest BCUT2D eigenvalue weighted by Crippen LogP contribution is 2.57. The molecule has 23 heavy (non-hydrogen) atoms. The molecule has 8 heteroatoms. The maximum absolute atomic E-state index is 5.56. The van der Waals surface area contributed by atoms with Gasteiger partial charge in [0.2, 0.25) is 5.06 Å². The molecule has 0 saturated heterocycles. The van der Waals surface area contributed by atoms with E-state index in [1.165, 1.54) is 8.47 Å². The summed E-state index contributed by atoms with van der Waals surface area (Å²) in [6, 6.07) is 3.94. The number of hydrogen-bond donors (Lipinski definition) is 0. The van der Waals surface area contributed by atoms with Gasteiger partial charge >= 0.3 is 0 Å². The summed E-state index contributed by atoms with van der Waals surface area (Å²) in [6.45, 7) is 0. The fourth-order valence-electron chi connectivity index (χ4n) is 1.97. The summed E-state index contributed by atoms with van der Waals surface area (Å²) in [7, 11) is 1.70. The Morgan fingerprint density at radius 2 is 1.78 bits per heavy atom. The van der Waals surface area contributed by atoms with Gasteiger partial charge in [-0.1, -0.05) is 58.4 Å². The summed E-state index contributed by atoms with van der Waals surface area (Å²) in [5.74, 6) is 0. The molecule has 0 saturated carbocycles. The van der Waals surface area contributed by atoms with E-state index in [0.717, 1.165) is 26.2 Å². The molecule has 0 N–H and O–H groups in total. The van der Waals surface area contributed by atoms with Crippen molar-refractivity contribution in [3.05, 3.63) is 54.9 Å². The highest BCUT2D eigenvalue weighted by molar-refractivity contribution is 8.35. The van der Waals surface area contributed by atoms with Gasteiger partial charge in [0.25, 0.3) is 0 Å². The predicted molar refractivity (Wildman–Crippen MR) is 106 cm³/mol. The summed E-state index contributed by atoms with van der Waals surface area (Å²) < 4.78 is 8.22. The molecule has 0 amide bonds. The van der Waals surface area contributed by atoms with E-state index in [0.29, 0.717) is 0 Å². The van der Waals surface area contributed by atoms with Gasteiger partial charge in [0.15, 0.2) is 0 Å². The molecule has 0 unspecified atom stereocenters. The van der Waals surface area contributed by atoms with Crippen LogP contribution in [0.3, 0.4) is 0 Å². The number of thiazole rings is 1. The van der Waals surface area contributed by atoms with Gasteiger partial charge in [-0.25, -0.2) is 4.98 Å². The summed E-state index contributed by atoms with van der Waals surface area (Å²) in [5, 5.41) is 8.22. The first-order valence-electron chi connectivity index (χ1n) is 6.58. The second kappa shape index (κ2) is 6.98. The number of methoxy groups -OCH3 is 1. The molecular weight excluding hydrogens is 385 g/mol. The lowest BCUT2D eigenvalue weighted by atomic mass is 10.3. The van der Waals surface area contributed by atoms with Crippen molar-refractivity contribution in [2.24, 2.45) is 0 Å². The van der Waals surface area contributed by atoms with Crippen molar-refractivity contribution in [2.45, 2.75) is 0 Å². The lowest BCUT2D eigenvalue weighted by molar-refractivity contribution is 0.425. The van der Waals surface area contributed by atoms with Gasteiger partial charge in [-0.2, -0.15) is 0 Å². The molecule has 4 heterocycles. The van der Waals surface area contributed by atoms with E-state index < -0.39 is 0 Å². The van der Waals surface area contributed by atoms with Crippen LogP contribution in [-0.4, -0.2) is 17.1 Å². The van der Waals surface area contributed by atoms with Gasteiger partial charge in [0.05, 0.1) is 15.6 Å². The third kappa shape index (κ3) is 3.23. The molecule has 0 aliphatic carbocycles. The normalized spacial score (nSPS) is 17.0. The Labute approximate surface area is 155 Å². The molecule has 2 aliphatic rings. The molecule has 2 aromatic rings. The highest BCUT2D eigenvalue weighted by Gasteiger charge is 2.25. The topological polar surface area (TPSA) is 35.0 Å². The smallest absolute Gasteiger partial charge is 0.203 e. The summed E-state index contributed by atoms with van der Waals surface area (Å²) >= 11 is 8.67. The molecule has 0 fully saturated rings. The molecule has 116 valence electrons. The van der Waals surface area contributed by atoms with Crippen LogP contribution >= 0.6 is 58.4 Å². The van der Waals surface area contributed by atoms with Crippen LogP contribution in [0.4, 0.5) is 0 Å². The maximum Gasteiger partial charge on any atom is 0.203 e. The van der Waals surface area contributed by atoms with Crippen LogP contribution in [0.15, 0.2) is 49.2 Å². The fraction of sp³-hybridized carbons (Fsp3) is 0.0667. The summed E-state index contributed by atoms with van der Waals surface area (Å²) in [6.07, 6.45) is 3.57. The average Bonchev–Trinajstić information content (AvgIpc) is 3.33. The second-order valence-corrected chi connectivity index (χ2v) is 9.62. The Bertz CT molecular complexity index is 816. The third-order valence-electron chi connectivity index (χ3n) is 2.99. The van der Waals surface area contributed by atoms with Crippen LogP contribution in [0.1, 0.15) is 5.69 Å². The number of thioether (sulfide) groups is 4. The van der Waals surface area contributed by atoms with E-state index in [4.69, 9.17) is 9.72 Å². The van der Waals surface area contributed by atoms with Crippen molar-refractivity contribution < 1.29 is 4.74 Å². The van der Waals surface area contributed by atoms with Crippen LogP contribution in [0, 0.1) is 0 Å². The number of pyridine rings is 1. The average molecular weight is 395 g/mol. The Morgan fingerprint density at radius 1 is 1.00 bits per heavy atom. The minimum absolute atomic E-state index is 0.854.